The van der Waals surface area contributed by atoms with Gasteiger partial charge in [-0.3, -0.25) is 0 Å². The van der Waals surface area contributed by atoms with Gasteiger partial charge in [-0.2, -0.15) is 0 Å². The number of ether oxygens (including phenoxy) is 1. The van der Waals surface area contributed by atoms with Crippen LogP contribution >= 0.6 is 11.8 Å². The first-order valence-electron chi connectivity index (χ1n) is 7.44. The quantitative estimate of drug-likeness (QED) is 0.415. The molecule has 0 bridgehead atoms. The molecule has 5 N–H and O–H groups in total. The van der Waals surface area contributed by atoms with Gasteiger partial charge in [-0.15, -0.1) is 10.2 Å². The summed E-state index contributed by atoms with van der Waals surface area (Å²) >= 11 is 0.520. The summed E-state index contributed by atoms with van der Waals surface area (Å²) in [4.78, 5) is 4.06. The largest absolute Gasteiger partial charge is 0.394 e. The minimum atomic E-state index is -2.35. The molecule has 9 nitrogen and oxygen atoms in total. The van der Waals surface area contributed by atoms with Gasteiger partial charge in [-0.05, 0) is 11.8 Å². The lowest BCUT2D eigenvalue weighted by molar-refractivity contribution is -0.305. The standard InChI is InChI=1S/C15H17N3O6S/c19-7-10-11(20)12(21)13(22)15(23,24-10)25-14-16-6-9(17-18-14)8-4-2-1-3-5-8/h1-6,10-13,19-23H,7H2/t10-,11-,12+,13-,15?/m1/s1. The molecule has 1 unspecified atom stereocenters. The van der Waals surface area contributed by atoms with Gasteiger partial charge in [0.25, 0.3) is 5.12 Å². The van der Waals surface area contributed by atoms with Crippen molar-refractivity contribution in [2.45, 2.75) is 34.7 Å². The highest BCUT2D eigenvalue weighted by molar-refractivity contribution is 8.00. The monoisotopic (exact) mass is 367 g/mol. The molecule has 0 amide bonds. The molecule has 1 aromatic heterocycles. The molecular weight excluding hydrogens is 350 g/mol. The molecule has 1 saturated heterocycles. The summed E-state index contributed by atoms with van der Waals surface area (Å²) in [7, 11) is 0. The van der Waals surface area contributed by atoms with Crippen LogP contribution < -0.4 is 0 Å². The maximum Gasteiger partial charge on any atom is 0.253 e. The number of thioether (sulfide) groups is 1. The molecule has 1 aliphatic rings. The highest BCUT2D eigenvalue weighted by Crippen LogP contribution is 2.39. The Bertz CT molecular complexity index is 704. The fourth-order valence-electron chi connectivity index (χ4n) is 2.39. The number of hydrogen-bond acceptors (Lipinski definition) is 10. The van der Waals surface area contributed by atoms with E-state index in [1.165, 1.54) is 6.20 Å². The number of aliphatic hydroxyl groups excluding tert-OH is 4. The number of aromatic nitrogens is 3. The van der Waals surface area contributed by atoms with Crippen molar-refractivity contribution in [3.05, 3.63) is 36.5 Å². The maximum absolute atomic E-state index is 10.5. The molecule has 0 saturated carbocycles. The third-order valence-electron chi connectivity index (χ3n) is 3.78. The van der Waals surface area contributed by atoms with E-state index >= 15 is 0 Å². The van der Waals surface area contributed by atoms with E-state index in [9.17, 15) is 25.5 Å². The lowest BCUT2D eigenvalue weighted by atomic mass is 9.99. The first-order valence-corrected chi connectivity index (χ1v) is 8.25. The van der Waals surface area contributed by atoms with Crippen LogP contribution in [-0.4, -0.2) is 76.9 Å². The molecular formula is C15H17N3O6S. The van der Waals surface area contributed by atoms with E-state index in [2.05, 4.69) is 15.2 Å². The fraction of sp³-hybridized carbons (Fsp3) is 0.400. The van der Waals surface area contributed by atoms with Crippen LogP contribution in [-0.2, 0) is 4.74 Å². The molecule has 1 aliphatic heterocycles. The zero-order valence-corrected chi connectivity index (χ0v) is 13.7. The average molecular weight is 367 g/mol. The van der Waals surface area contributed by atoms with Gasteiger partial charge in [-0.25, -0.2) is 4.98 Å². The van der Waals surface area contributed by atoms with Gasteiger partial charge in [0.15, 0.2) is 0 Å². The Balaban J connectivity index is 1.79. The van der Waals surface area contributed by atoms with Crippen molar-refractivity contribution in [1.29, 1.82) is 0 Å². The summed E-state index contributed by atoms with van der Waals surface area (Å²) in [5.74, 6) is 0. The van der Waals surface area contributed by atoms with E-state index in [4.69, 9.17) is 4.74 Å². The predicted molar refractivity (Wildman–Crippen MR) is 86.0 cm³/mol. The van der Waals surface area contributed by atoms with Crippen molar-refractivity contribution in [2.24, 2.45) is 0 Å². The van der Waals surface area contributed by atoms with Gasteiger partial charge >= 0.3 is 0 Å². The number of aliphatic hydroxyl groups is 5. The third-order valence-corrected chi connectivity index (χ3v) is 4.78. The number of benzene rings is 1. The highest BCUT2D eigenvalue weighted by Gasteiger charge is 2.54. The molecule has 1 fully saturated rings. The van der Waals surface area contributed by atoms with Gasteiger partial charge in [-0.1, -0.05) is 30.3 Å². The number of nitrogens with zero attached hydrogens (tertiary/aromatic N) is 3. The van der Waals surface area contributed by atoms with E-state index in [0.717, 1.165) is 5.56 Å². The first-order chi connectivity index (χ1) is 11.9. The van der Waals surface area contributed by atoms with E-state index in [0.29, 0.717) is 17.5 Å². The van der Waals surface area contributed by atoms with Crippen LogP contribution in [0.15, 0.2) is 41.7 Å². The highest BCUT2D eigenvalue weighted by atomic mass is 32.2. The van der Waals surface area contributed by atoms with Gasteiger partial charge in [0, 0.05) is 5.56 Å². The Morgan fingerprint density at radius 1 is 1.08 bits per heavy atom. The smallest absolute Gasteiger partial charge is 0.253 e. The predicted octanol–water partition coefficient (Wildman–Crippen LogP) is -1.25. The molecule has 0 aliphatic carbocycles. The molecule has 0 radical (unpaired) electrons. The molecule has 2 aromatic rings. The SMILES string of the molecule is OC[C@H]1OC(O)(Sc2ncc(-c3ccccc3)nn2)[C@H](O)[C@@H](O)[C@@H]1O. The van der Waals surface area contributed by atoms with Crippen LogP contribution in [0.4, 0.5) is 0 Å². The zero-order valence-electron chi connectivity index (χ0n) is 12.9. The Kier molecular flexibility index (Phi) is 5.29. The molecule has 25 heavy (non-hydrogen) atoms. The lowest BCUT2D eigenvalue weighted by Crippen LogP contribution is -2.63. The van der Waals surface area contributed by atoms with Crippen LogP contribution in [0.1, 0.15) is 0 Å². The Labute approximate surface area is 147 Å². The topological polar surface area (TPSA) is 149 Å². The second kappa shape index (κ2) is 7.30. The van der Waals surface area contributed by atoms with Gasteiger partial charge < -0.3 is 30.3 Å². The summed E-state index contributed by atoms with van der Waals surface area (Å²) in [5, 5.41) is 54.7. The van der Waals surface area contributed by atoms with Crippen molar-refractivity contribution in [1.82, 2.24) is 15.2 Å². The molecule has 0 spiro atoms. The zero-order chi connectivity index (χ0) is 18.0. The van der Waals surface area contributed by atoms with Gasteiger partial charge in [0.2, 0.25) is 5.16 Å². The average Bonchev–Trinajstić information content (AvgIpc) is 2.64. The Morgan fingerprint density at radius 2 is 1.80 bits per heavy atom. The van der Waals surface area contributed by atoms with Crippen LogP contribution in [0.5, 0.6) is 0 Å². The van der Waals surface area contributed by atoms with Crippen molar-refractivity contribution in [2.75, 3.05) is 6.61 Å². The number of rotatable bonds is 4. The summed E-state index contributed by atoms with van der Waals surface area (Å²) < 4.78 is 5.14. The lowest BCUT2D eigenvalue weighted by Gasteiger charge is -2.44. The molecule has 3 rings (SSSR count). The Morgan fingerprint density at radius 3 is 2.40 bits per heavy atom. The van der Waals surface area contributed by atoms with Crippen LogP contribution in [0.25, 0.3) is 11.3 Å². The van der Waals surface area contributed by atoms with Crippen molar-refractivity contribution >= 4 is 11.8 Å². The summed E-state index contributed by atoms with van der Waals surface area (Å²) in [6, 6.07) is 9.23. The fourth-order valence-corrected chi connectivity index (χ4v) is 3.27. The van der Waals surface area contributed by atoms with Crippen LogP contribution in [0.2, 0.25) is 0 Å². The van der Waals surface area contributed by atoms with E-state index in [1.807, 2.05) is 30.3 Å². The Hall–Kier alpha value is -1.66. The summed E-state index contributed by atoms with van der Waals surface area (Å²) in [6.45, 7) is -0.653. The first kappa shape index (κ1) is 18.1. The van der Waals surface area contributed by atoms with E-state index in [-0.39, 0.29) is 5.16 Å². The third kappa shape index (κ3) is 3.65. The minimum Gasteiger partial charge on any atom is -0.394 e. The maximum atomic E-state index is 10.5. The van der Waals surface area contributed by atoms with Crippen LogP contribution in [0, 0.1) is 0 Å². The van der Waals surface area contributed by atoms with E-state index in [1.54, 1.807) is 0 Å². The molecule has 2 heterocycles. The molecule has 5 atom stereocenters. The molecule has 1 aromatic carbocycles. The van der Waals surface area contributed by atoms with Crippen molar-refractivity contribution in [3.63, 3.8) is 0 Å². The second-order valence-corrected chi connectivity index (χ2v) is 6.64. The normalized spacial score (nSPS) is 32.5. The minimum absolute atomic E-state index is 0.0125. The summed E-state index contributed by atoms with van der Waals surface area (Å²) in [5.41, 5.74) is 1.33. The van der Waals surface area contributed by atoms with Crippen LogP contribution in [0.3, 0.4) is 0 Å². The molecule has 134 valence electrons. The second-order valence-electron chi connectivity index (χ2n) is 5.49. The van der Waals surface area contributed by atoms with Crippen molar-refractivity contribution in [3.8, 4) is 11.3 Å². The summed E-state index contributed by atoms with van der Waals surface area (Å²) in [6.07, 6.45) is -4.92. The van der Waals surface area contributed by atoms with Crippen molar-refractivity contribution < 1.29 is 30.3 Å². The van der Waals surface area contributed by atoms with Gasteiger partial charge in [0.05, 0.1) is 12.8 Å². The number of hydrogen-bond donors (Lipinski definition) is 5. The van der Waals surface area contributed by atoms with E-state index < -0.39 is 36.1 Å². The molecule has 10 heteroatoms. The van der Waals surface area contributed by atoms with Gasteiger partial charge in [0.1, 0.15) is 30.1 Å².